The van der Waals surface area contributed by atoms with Crippen LogP contribution < -0.4 is 5.32 Å². The third kappa shape index (κ3) is 3.81. The first-order valence-corrected chi connectivity index (χ1v) is 8.24. The molecule has 1 amide bonds. The van der Waals surface area contributed by atoms with Gasteiger partial charge in [0.25, 0.3) is 0 Å². The van der Waals surface area contributed by atoms with Gasteiger partial charge in [0, 0.05) is 25.2 Å². The molecule has 0 aromatic carbocycles. The van der Waals surface area contributed by atoms with Gasteiger partial charge in [0.1, 0.15) is 0 Å². The summed E-state index contributed by atoms with van der Waals surface area (Å²) >= 11 is 3.27. The van der Waals surface area contributed by atoms with Crippen molar-refractivity contribution in [1.29, 1.82) is 0 Å². The Morgan fingerprint density at radius 1 is 1.61 bits per heavy atom. The molecule has 0 spiro atoms. The summed E-state index contributed by atoms with van der Waals surface area (Å²) in [5.74, 6) is 0.0968. The highest BCUT2D eigenvalue weighted by Gasteiger charge is 2.28. The molecule has 6 nitrogen and oxygen atoms in total. The maximum Gasteiger partial charge on any atom is 0.222 e. The van der Waals surface area contributed by atoms with Crippen molar-refractivity contribution >= 4 is 31.7 Å². The molecule has 1 unspecified atom stereocenters. The number of carbonyl (C=O) groups is 1. The number of carbonyl (C=O) groups excluding carboxylic acids is 1. The van der Waals surface area contributed by atoms with Gasteiger partial charge in [-0.1, -0.05) is 0 Å². The highest BCUT2D eigenvalue weighted by molar-refractivity contribution is 9.10. The summed E-state index contributed by atoms with van der Waals surface area (Å²) in [6.07, 6.45) is 4.25. The lowest BCUT2D eigenvalue weighted by Crippen LogP contribution is -2.36. The van der Waals surface area contributed by atoms with Crippen molar-refractivity contribution < 1.29 is 13.2 Å². The summed E-state index contributed by atoms with van der Waals surface area (Å²) in [7, 11) is -2.94. The molecular weight excluding hydrogens is 322 g/mol. The van der Waals surface area contributed by atoms with E-state index in [9.17, 15) is 13.2 Å². The van der Waals surface area contributed by atoms with Crippen LogP contribution in [0.2, 0.25) is 0 Å². The van der Waals surface area contributed by atoms with Crippen LogP contribution in [-0.2, 0) is 21.2 Å². The number of aryl methyl sites for hydroxylation is 1. The van der Waals surface area contributed by atoms with Gasteiger partial charge in [0.2, 0.25) is 5.91 Å². The van der Waals surface area contributed by atoms with Gasteiger partial charge in [0.15, 0.2) is 9.84 Å². The van der Waals surface area contributed by atoms with Crippen LogP contribution in [0.4, 0.5) is 0 Å². The van der Waals surface area contributed by atoms with E-state index in [0.29, 0.717) is 19.4 Å². The lowest BCUT2D eigenvalue weighted by atomic mass is 10.2. The number of nitrogens with zero attached hydrogens (tertiary/aromatic N) is 2. The van der Waals surface area contributed by atoms with Crippen molar-refractivity contribution in [1.82, 2.24) is 15.1 Å². The smallest absolute Gasteiger partial charge is 0.222 e. The Hall–Kier alpha value is -0.890. The number of nitrogens with one attached hydrogen (secondary N) is 1. The molecule has 0 radical (unpaired) electrons. The fraction of sp³-hybridized carbons (Fsp3) is 0.600. The quantitative estimate of drug-likeness (QED) is 0.860. The van der Waals surface area contributed by atoms with E-state index in [2.05, 4.69) is 26.3 Å². The van der Waals surface area contributed by atoms with Crippen LogP contribution in [0.5, 0.6) is 0 Å². The first-order valence-electron chi connectivity index (χ1n) is 5.62. The summed E-state index contributed by atoms with van der Waals surface area (Å²) in [6, 6.07) is -0.230. The first-order chi connectivity index (χ1) is 8.44. The highest BCUT2D eigenvalue weighted by Crippen LogP contribution is 2.11. The minimum absolute atomic E-state index is 0.0616. The normalized spacial score (nSPS) is 21.9. The number of sulfone groups is 1. The average Bonchev–Trinajstić information content (AvgIpc) is 2.82. The largest absolute Gasteiger partial charge is 0.352 e. The zero-order valence-electron chi connectivity index (χ0n) is 9.67. The van der Waals surface area contributed by atoms with E-state index in [4.69, 9.17) is 0 Å². The van der Waals surface area contributed by atoms with Gasteiger partial charge in [-0.15, -0.1) is 0 Å². The molecule has 2 rings (SSSR count). The SMILES string of the molecule is O=C(CCn1cc(Br)cn1)NC1CCS(=O)(=O)C1. The number of aromatic nitrogens is 2. The highest BCUT2D eigenvalue weighted by atomic mass is 79.9. The predicted molar refractivity (Wildman–Crippen MR) is 69.7 cm³/mol. The van der Waals surface area contributed by atoms with E-state index in [1.807, 2.05) is 0 Å². The molecule has 0 saturated carbocycles. The maximum atomic E-state index is 11.6. The fourth-order valence-corrected chi connectivity index (χ4v) is 3.89. The van der Waals surface area contributed by atoms with Crippen LogP contribution in [0.25, 0.3) is 0 Å². The number of halogens is 1. The van der Waals surface area contributed by atoms with Crippen LogP contribution >= 0.6 is 15.9 Å². The van der Waals surface area contributed by atoms with Crippen molar-refractivity contribution in [2.45, 2.75) is 25.4 Å². The fourth-order valence-electron chi connectivity index (χ4n) is 1.89. The van der Waals surface area contributed by atoms with E-state index < -0.39 is 9.84 Å². The van der Waals surface area contributed by atoms with E-state index >= 15 is 0 Å². The van der Waals surface area contributed by atoms with E-state index in [-0.39, 0.29) is 23.5 Å². The van der Waals surface area contributed by atoms with Gasteiger partial charge in [-0.25, -0.2) is 8.42 Å². The first kappa shape index (κ1) is 13.5. The molecule has 18 heavy (non-hydrogen) atoms. The number of hydrogen-bond acceptors (Lipinski definition) is 4. The van der Waals surface area contributed by atoms with Gasteiger partial charge in [0.05, 0.1) is 22.2 Å². The molecule has 1 aromatic heterocycles. The molecule has 0 aliphatic carbocycles. The van der Waals surface area contributed by atoms with E-state index in [0.717, 1.165) is 4.47 Å². The van der Waals surface area contributed by atoms with Gasteiger partial charge in [-0.2, -0.15) is 5.10 Å². The van der Waals surface area contributed by atoms with Crippen LogP contribution in [-0.4, -0.2) is 41.7 Å². The Kier molecular flexibility index (Phi) is 4.06. The minimum atomic E-state index is -2.94. The van der Waals surface area contributed by atoms with Crippen molar-refractivity contribution in [2.24, 2.45) is 0 Å². The lowest BCUT2D eigenvalue weighted by molar-refractivity contribution is -0.121. The van der Waals surface area contributed by atoms with Gasteiger partial charge < -0.3 is 5.32 Å². The average molecular weight is 336 g/mol. The molecule has 1 aliphatic rings. The second kappa shape index (κ2) is 5.40. The summed E-state index contributed by atoms with van der Waals surface area (Å²) in [5, 5.41) is 6.78. The zero-order valence-corrected chi connectivity index (χ0v) is 12.1. The summed E-state index contributed by atoms with van der Waals surface area (Å²) < 4.78 is 25.0. The minimum Gasteiger partial charge on any atom is -0.352 e. The van der Waals surface area contributed by atoms with Crippen LogP contribution in [0.1, 0.15) is 12.8 Å². The molecule has 1 aromatic rings. The molecule has 1 atom stereocenters. The topological polar surface area (TPSA) is 81.1 Å². The third-order valence-corrected chi connectivity index (χ3v) is 4.94. The van der Waals surface area contributed by atoms with Crippen LogP contribution in [0.15, 0.2) is 16.9 Å². The predicted octanol–water partition coefficient (Wildman–Crippen LogP) is 0.339. The monoisotopic (exact) mass is 335 g/mol. The Bertz CT molecular complexity index is 540. The molecule has 1 fully saturated rings. The third-order valence-electron chi connectivity index (χ3n) is 2.77. The number of hydrogen-bond donors (Lipinski definition) is 1. The molecular formula is C10H14BrN3O3S. The Balaban J connectivity index is 1.76. The van der Waals surface area contributed by atoms with Crippen molar-refractivity contribution in [3.05, 3.63) is 16.9 Å². The number of rotatable bonds is 4. The van der Waals surface area contributed by atoms with Crippen molar-refractivity contribution in [2.75, 3.05) is 11.5 Å². The maximum absolute atomic E-state index is 11.6. The number of amides is 1. The Labute approximate surface area is 114 Å². The molecule has 1 saturated heterocycles. The molecule has 1 aliphatic heterocycles. The van der Waals surface area contributed by atoms with Gasteiger partial charge >= 0.3 is 0 Å². The molecule has 2 heterocycles. The standard InChI is InChI=1S/C10H14BrN3O3S/c11-8-5-12-14(6-8)3-1-10(15)13-9-2-4-18(16,17)7-9/h5-6,9H,1-4,7H2,(H,13,15). The van der Waals surface area contributed by atoms with E-state index in [1.165, 1.54) is 0 Å². The van der Waals surface area contributed by atoms with Gasteiger partial charge in [-0.05, 0) is 22.4 Å². The molecule has 0 bridgehead atoms. The molecule has 8 heteroatoms. The summed E-state index contributed by atoms with van der Waals surface area (Å²) in [6.45, 7) is 0.483. The van der Waals surface area contributed by atoms with Gasteiger partial charge in [-0.3, -0.25) is 9.48 Å². The van der Waals surface area contributed by atoms with E-state index in [1.54, 1.807) is 17.1 Å². The van der Waals surface area contributed by atoms with Crippen molar-refractivity contribution in [3.8, 4) is 0 Å². The summed E-state index contributed by atoms with van der Waals surface area (Å²) in [4.78, 5) is 11.6. The zero-order chi connectivity index (χ0) is 13.2. The second-order valence-electron chi connectivity index (χ2n) is 4.34. The molecule has 100 valence electrons. The summed E-state index contributed by atoms with van der Waals surface area (Å²) in [5.41, 5.74) is 0. The van der Waals surface area contributed by atoms with Crippen LogP contribution in [0, 0.1) is 0 Å². The Morgan fingerprint density at radius 3 is 2.94 bits per heavy atom. The van der Waals surface area contributed by atoms with Crippen molar-refractivity contribution in [3.63, 3.8) is 0 Å². The molecule has 1 N–H and O–H groups in total. The second-order valence-corrected chi connectivity index (χ2v) is 7.48. The Morgan fingerprint density at radius 2 is 2.39 bits per heavy atom. The van der Waals surface area contributed by atoms with Crippen LogP contribution in [0.3, 0.4) is 0 Å². The lowest BCUT2D eigenvalue weighted by Gasteiger charge is -2.10.